The molecular formula is C18H17Cl2F3N2O4S. The van der Waals surface area contributed by atoms with Crippen molar-refractivity contribution < 1.29 is 31.1 Å². The van der Waals surface area contributed by atoms with Crippen molar-refractivity contribution in [3.05, 3.63) is 52.5 Å². The van der Waals surface area contributed by atoms with Crippen LogP contribution in [0.15, 0.2) is 47.4 Å². The van der Waals surface area contributed by atoms with Gasteiger partial charge in [-0.15, -0.1) is 0 Å². The SMILES string of the molecule is COc1ccc(N([C@@H](C)C(=O)NCC(F)(F)F)S(=O)(=O)c2ccc(Cl)c(Cl)c2)cc1. The maximum atomic E-state index is 13.3. The van der Waals surface area contributed by atoms with Gasteiger partial charge in [-0.1, -0.05) is 23.2 Å². The molecule has 30 heavy (non-hydrogen) atoms. The maximum Gasteiger partial charge on any atom is 0.405 e. The lowest BCUT2D eigenvalue weighted by Crippen LogP contribution is -2.49. The molecule has 0 aliphatic carbocycles. The van der Waals surface area contributed by atoms with E-state index in [-0.39, 0.29) is 20.6 Å². The Balaban J connectivity index is 2.51. The first kappa shape index (κ1) is 24.1. The Morgan fingerprint density at radius 3 is 2.23 bits per heavy atom. The second kappa shape index (κ2) is 9.32. The van der Waals surface area contributed by atoms with Gasteiger partial charge in [0.05, 0.1) is 27.7 Å². The van der Waals surface area contributed by atoms with Gasteiger partial charge in [-0.2, -0.15) is 13.2 Å². The summed E-state index contributed by atoms with van der Waals surface area (Å²) in [7, 11) is -2.99. The van der Waals surface area contributed by atoms with Crippen molar-refractivity contribution in [3.63, 3.8) is 0 Å². The molecular weight excluding hydrogens is 468 g/mol. The molecule has 0 aliphatic heterocycles. The number of halogens is 5. The average molecular weight is 485 g/mol. The highest BCUT2D eigenvalue weighted by atomic mass is 35.5. The number of nitrogens with one attached hydrogen (secondary N) is 1. The third-order valence-corrected chi connectivity index (χ3v) is 6.60. The minimum absolute atomic E-state index is 0.0385. The number of methoxy groups -OCH3 is 1. The van der Waals surface area contributed by atoms with Gasteiger partial charge in [0.15, 0.2) is 0 Å². The van der Waals surface area contributed by atoms with E-state index in [0.717, 1.165) is 6.07 Å². The second-order valence-electron chi connectivity index (χ2n) is 6.08. The normalized spacial score (nSPS) is 12.9. The molecule has 0 fully saturated rings. The predicted octanol–water partition coefficient (Wildman–Crippen LogP) is 4.26. The van der Waals surface area contributed by atoms with Crippen LogP contribution in [-0.2, 0) is 14.8 Å². The van der Waals surface area contributed by atoms with Crippen LogP contribution >= 0.6 is 23.2 Å². The molecule has 2 rings (SSSR count). The van der Waals surface area contributed by atoms with Crippen molar-refractivity contribution in [1.29, 1.82) is 0 Å². The molecule has 1 atom stereocenters. The summed E-state index contributed by atoms with van der Waals surface area (Å²) in [6, 6.07) is 7.65. The lowest BCUT2D eigenvalue weighted by molar-refractivity contribution is -0.138. The van der Waals surface area contributed by atoms with Gasteiger partial charge in [-0.05, 0) is 49.4 Å². The Hall–Kier alpha value is -2.17. The smallest absolute Gasteiger partial charge is 0.405 e. The molecule has 164 valence electrons. The molecule has 1 amide bonds. The molecule has 2 aromatic rings. The summed E-state index contributed by atoms with van der Waals surface area (Å²) in [5.74, 6) is -0.716. The van der Waals surface area contributed by atoms with Gasteiger partial charge in [0, 0.05) is 0 Å². The van der Waals surface area contributed by atoms with Crippen LogP contribution < -0.4 is 14.4 Å². The van der Waals surface area contributed by atoms with E-state index in [4.69, 9.17) is 27.9 Å². The Bertz CT molecular complexity index is 1020. The summed E-state index contributed by atoms with van der Waals surface area (Å²) in [5, 5.41) is 1.77. The zero-order valence-corrected chi connectivity index (χ0v) is 18.0. The van der Waals surface area contributed by atoms with E-state index in [1.54, 1.807) is 5.32 Å². The molecule has 0 saturated carbocycles. The lowest BCUT2D eigenvalue weighted by atomic mass is 10.2. The van der Waals surface area contributed by atoms with Crippen molar-refractivity contribution >= 4 is 44.8 Å². The third kappa shape index (κ3) is 5.71. The number of benzene rings is 2. The van der Waals surface area contributed by atoms with Crippen LogP contribution in [0.5, 0.6) is 5.75 Å². The number of nitrogens with zero attached hydrogens (tertiary/aromatic N) is 1. The molecule has 0 heterocycles. The number of hydrogen-bond donors (Lipinski definition) is 1. The van der Waals surface area contributed by atoms with Gasteiger partial charge < -0.3 is 10.1 Å². The standard InChI is InChI=1S/C18H17Cl2F3N2O4S/c1-11(17(26)24-10-18(21,22)23)25(12-3-5-13(29-2)6-4-12)30(27,28)14-7-8-15(19)16(20)9-14/h3-9,11H,10H2,1-2H3,(H,24,26)/t11-/m0/s1. The fraction of sp³-hybridized carbons (Fsp3) is 0.278. The molecule has 0 aliphatic rings. The van der Waals surface area contributed by atoms with E-state index in [2.05, 4.69) is 0 Å². The highest BCUT2D eigenvalue weighted by Gasteiger charge is 2.35. The van der Waals surface area contributed by atoms with Crippen LogP contribution in [0.25, 0.3) is 0 Å². The largest absolute Gasteiger partial charge is 0.497 e. The van der Waals surface area contributed by atoms with Crippen LogP contribution in [0.3, 0.4) is 0 Å². The summed E-state index contributed by atoms with van der Waals surface area (Å²) in [4.78, 5) is 12.0. The van der Waals surface area contributed by atoms with Crippen LogP contribution in [0.4, 0.5) is 18.9 Å². The molecule has 0 spiro atoms. The molecule has 6 nitrogen and oxygen atoms in total. The summed E-state index contributed by atoms with van der Waals surface area (Å²) in [6.07, 6.45) is -4.65. The first-order valence-corrected chi connectivity index (χ1v) is 10.5. The zero-order chi connectivity index (χ0) is 22.7. The van der Waals surface area contributed by atoms with E-state index in [1.165, 1.54) is 50.4 Å². The number of carbonyl (C=O) groups excluding carboxylic acids is 1. The zero-order valence-electron chi connectivity index (χ0n) is 15.7. The summed E-state index contributed by atoms with van der Waals surface area (Å²) in [6.45, 7) is -0.426. The topological polar surface area (TPSA) is 75.7 Å². The lowest BCUT2D eigenvalue weighted by Gasteiger charge is -2.30. The van der Waals surface area contributed by atoms with Gasteiger partial charge in [0.25, 0.3) is 10.0 Å². The molecule has 0 aromatic heterocycles. The van der Waals surface area contributed by atoms with Crippen LogP contribution in [0.2, 0.25) is 10.0 Å². The van der Waals surface area contributed by atoms with Gasteiger partial charge in [0.1, 0.15) is 18.3 Å². The van der Waals surface area contributed by atoms with Crippen molar-refractivity contribution in [2.24, 2.45) is 0 Å². The van der Waals surface area contributed by atoms with Gasteiger partial charge in [-0.25, -0.2) is 8.42 Å². The maximum absolute atomic E-state index is 13.3. The second-order valence-corrected chi connectivity index (χ2v) is 8.71. The van der Waals surface area contributed by atoms with Crippen LogP contribution in [0.1, 0.15) is 6.92 Å². The predicted molar refractivity (Wildman–Crippen MR) is 108 cm³/mol. The molecule has 1 N–H and O–H groups in total. The first-order chi connectivity index (χ1) is 13.9. The van der Waals surface area contributed by atoms with Crippen molar-refractivity contribution in [2.45, 2.75) is 24.0 Å². The molecule has 0 bridgehead atoms. The van der Waals surface area contributed by atoms with E-state index in [1.807, 2.05) is 0 Å². The number of amides is 1. The Morgan fingerprint density at radius 2 is 1.73 bits per heavy atom. The average Bonchev–Trinajstić information content (AvgIpc) is 2.68. The highest BCUT2D eigenvalue weighted by Crippen LogP contribution is 2.31. The number of alkyl halides is 3. The number of ether oxygens (including phenoxy) is 1. The first-order valence-electron chi connectivity index (χ1n) is 8.35. The number of carbonyl (C=O) groups is 1. The third-order valence-electron chi connectivity index (χ3n) is 3.97. The molecule has 0 unspecified atom stereocenters. The molecule has 12 heteroatoms. The Morgan fingerprint density at radius 1 is 1.13 bits per heavy atom. The summed E-state index contributed by atoms with van der Waals surface area (Å²) >= 11 is 11.7. The quantitative estimate of drug-likeness (QED) is 0.636. The number of hydrogen-bond acceptors (Lipinski definition) is 4. The monoisotopic (exact) mass is 484 g/mol. The Labute approximate surface area is 181 Å². The van der Waals surface area contributed by atoms with Crippen LogP contribution in [-0.4, -0.2) is 40.2 Å². The van der Waals surface area contributed by atoms with E-state index in [9.17, 15) is 26.4 Å². The van der Waals surface area contributed by atoms with Gasteiger partial charge >= 0.3 is 6.18 Å². The molecule has 2 aromatic carbocycles. The molecule has 0 saturated heterocycles. The fourth-order valence-electron chi connectivity index (χ4n) is 2.49. The fourth-order valence-corrected chi connectivity index (χ4v) is 4.50. The number of anilines is 1. The number of sulfonamides is 1. The van der Waals surface area contributed by atoms with E-state index in [0.29, 0.717) is 10.1 Å². The number of rotatable bonds is 7. The van der Waals surface area contributed by atoms with Crippen molar-refractivity contribution in [1.82, 2.24) is 5.32 Å². The van der Waals surface area contributed by atoms with Gasteiger partial charge in [-0.3, -0.25) is 9.10 Å². The van der Waals surface area contributed by atoms with Crippen molar-refractivity contribution in [3.8, 4) is 5.75 Å². The minimum atomic E-state index is -4.65. The van der Waals surface area contributed by atoms with Crippen molar-refractivity contribution in [2.75, 3.05) is 18.0 Å². The van der Waals surface area contributed by atoms with Crippen LogP contribution in [0, 0.1) is 0 Å². The molecule has 0 radical (unpaired) electrons. The minimum Gasteiger partial charge on any atom is -0.497 e. The summed E-state index contributed by atoms with van der Waals surface area (Å²) in [5.41, 5.74) is 0.0385. The Kier molecular flexibility index (Phi) is 7.49. The van der Waals surface area contributed by atoms with E-state index < -0.39 is 34.7 Å². The van der Waals surface area contributed by atoms with Gasteiger partial charge in [0.2, 0.25) is 5.91 Å². The van der Waals surface area contributed by atoms with E-state index >= 15 is 0 Å². The summed E-state index contributed by atoms with van der Waals surface area (Å²) < 4.78 is 69.8. The highest BCUT2D eigenvalue weighted by molar-refractivity contribution is 7.93.